The molecule has 0 fully saturated rings. The molecule has 8 nitrogen and oxygen atoms in total. The first-order valence-electron chi connectivity index (χ1n) is 5.84. The van der Waals surface area contributed by atoms with Crippen LogP contribution in [0.1, 0.15) is 16.1 Å². The maximum Gasteiger partial charge on any atom is 0.335 e. The predicted molar refractivity (Wildman–Crippen MR) is 74.5 cm³/mol. The molecule has 1 aromatic rings. The van der Waals surface area contributed by atoms with E-state index in [2.05, 4.69) is 5.32 Å². The van der Waals surface area contributed by atoms with Crippen LogP contribution in [-0.4, -0.2) is 63.9 Å². The highest BCUT2D eigenvalue weighted by Gasteiger charge is 2.29. The van der Waals surface area contributed by atoms with Crippen molar-refractivity contribution in [1.29, 1.82) is 0 Å². The second-order valence-corrected chi connectivity index (χ2v) is 4.77. The Hall–Kier alpha value is -1.81. The van der Waals surface area contributed by atoms with Crippen LogP contribution in [0, 0.1) is 0 Å². The van der Waals surface area contributed by atoms with Gasteiger partial charge < -0.3 is 25.7 Å². The Kier molecular flexibility index (Phi) is 9.13. The molecular formula is C12H17NO7S. The molecule has 0 aliphatic rings. The van der Waals surface area contributed by atoms with E-state index in [1.54, 1.807) is 0 Å². The SMILES string of the molecule is CNCCC(=O)c1cccs1.O=C(O)[C@@H](O)[C@H](O)C(=O)O. The van der Waals surface area contributed by atoms with Gasteiger partial charge in [-0.3, -0.25) is 4.79 Å². The summed E-state index contributed by atoms with van der Waals surface area (Å²) in [6.07, 6.45) is -3.94. The van der Waals surface area contributed by atoms with Crippen molar-refractivity contribution in [2.45, 2.75) is 18.6 Å². The number of carboxylic acid groups (broad SMARTS) is 2. The Bertz CT molecular complexity index is 442. The van der Waals surface area contributed by atoms with Gasteiger partial charge >= 0.3 is 11.9 Å². The third-order valence-electron chi connectivity index (χ3n) is 2.20. The summed E-state index contributed by atoms with van der Waals surface area (Å²) in [5, 5.41) is 37.4. The van der Waals surface area contributed by atoms with Gasteiger partial charge in [0.1, 0.15) is 0 Å². The lowest BCUT2D eigenvalue weighted by atomic mass is 10.2. The van der Waals surface area contributed by atoms with Crippen LogP contribution in [0.4, 0.5) is 0 Å². The third kappa shape index (κ3) is 7.51. The van der Waals surface area contributed by atoms with Crippen LogP contribution in [0.3, 0.4) is 0 Å². The molecule has 1 aromatic heterocycles. The van der Waals surface area contributed by atoms with Crippen molar-refractivity contribution in [3.63, 3.8) is 0 Å². The Morgan fingerprint density at radius 1 is 1.19 bits per heavy atom. The number of carbonyl (C=O) groups excluding carboxylic acids is 1. The predicted octanol–water partition coefficient (Wildman–Crippen LogP) is -0.582. The zero-order valence-corrected chi connectivity index (χ0v) is 12.0. The summed E-state index contributed by atoms with van der Waals surface area (Å²) in [4.78, 5) is 31.6. The van der Waals surface area contributed by atoms with E-state index in [0.717, 1.165) is 11.4 Å². The molecule has 5 N–H and O–H groups in total. The fraction of sp³-hybridized carbons (Fsp3) is 0.417. The summed E-state index contributed by atoms with van der Waals surface area (Å²) < 4.78 is 0. The minimum Gasteiger partial charge on any atom is -0.479 e. The van der Waals surface area contributed by atoms with Crippen molar-refractivity contribution in [3.8, 4) is 0 Å². The van der Waals surface area contributed by atoms with E-state index >= 15 is 0 Å². The van der Waals surface area contributed by atoms with Crippen LogP contribution < -0.4 is 5.32 Å². The highest BCUT2D eigenvalue weighted by atomic mass is 32.1. The smallest absolute Gasteiger partial charge is 0.335 e. The molecule has 118 valence electrons. The summed E-state index contributed by atoms with van der Waals surface area (Å²) >= 11 is 1.50. The van der Waals surface area contributed by atoms with E-state index in [1.165, 1.54) is 11.3 Å². The van der Waals surface area contributed by atoms with Crippen molar-refractivity contribution < 1.29 is 34.8 Å². The molecule has 2 atom stereocenters. The first kappa shape index (κ1) is 19.2. The summed E-state index contributed by atoms with van der Waals surface area (Å²) in [5.41, 5.74) is 0. The second-order valence-electron chi connectivity index (χ2n) is 3.82. The van der Waals surface area contributed by atoms with E-state index in [1.807, 2.05) is 24.6 Å². The topological polar surface area (TPSA) is 144 Å². The zero-order valence-electron chi connectivity index (χ0n) is 11.2. The van der Waals surface area contributed by atoms with Crippen molar-refractivity contribution in [3.05, 3.63) is 22.4 Å². The summed E-state index contributed by atoms with van der Waals surface area (Å²) in [6.45, 7) is 0.761. The molecule has 1 heterocycles. The van der Waals surface area contributed by atoms with Gasteiger partial charge in [0.2, 0.25) is 0 Å². The van der Waals surface area contributed by atoms with Crippen molar-refractivity contribution >= 4 is 29.1 Å². The van der Waals surface area contributed by atoms with Gasteiger partial charge in [0.05, 0.1) is 4.88 Å². The number of carboxylic acids is 2. The lowest BCUT2D eigenvalue weighted by Crippen LogP contribution is -2.39. The van der Waals surface area contributed by atoms with Gasteiger partial charge in [0.25, 0.3) is 0 Å². The molecule has 0 aromatic carbocycles. The fourth-order valence-corrected chi connectivity index (χ4v) is 1.76. The molecular weight excluding hydrogens is 302 g/mol. The van der Waals surface area contributed by atoms with Gasteiger partial charge in [-0.25, -0.2) is 9.59 Å². The lowest BCUT2D eigenvalue weighted by Gasteiger charge is -2.07. The first-order chi connectivity index (χ1) is 9.81. The fourth-order valence-electron chi connectivity index (χ4n) is 1.07. The van der Waals surface area contributed by atoms with E-state index in [4.69, 9.17) is 20.4 Å². The summed E-state index contributed by atoms with van der Waals surface area (Å²) in [6, 6.07) is 3.76. The minimum absolute atomic E-state index is 0.231. The molecule has 0 saturated heterocycles. The minimum atomic E-state index is -2.27. The third-order valence-corrected chi connectivity index (χ3v) is 3.11. The molecule has 9 heteroatoms. The summed E-state index contributed by atoms with van der Waals surface area (Å²) in [5.74, 6) is -3.31. The highest BCUT2D eigenvalue weighted by Crippen LogP contribution is 2.10. The number of carbonyl (C=O) groups is 3. The van der Waals surface area contributed by atoms with E-state index in [-0.39, 0.29) is 5.78 Å². The molecule has 0 spiro atoms. The largest absolute Gasteiger partial charge is 0.479 e. The van der Waals surface area contributed by atoms with Gasteiger partial charge in [-0.05, 0) is 18.5 Å². The maximum atomic E-state index is 11.2. The van der Waals surface area contributed by atoms with Crippen LogP contribution in [-0.2, 0) is 9.59 Å². The highest BCUT2D eigenvalue weighted by molar-refractivity contribution is 7.12. The first-order valence-corrected chi connectivity index (χ1v) is 6.72. The zero-order chi connectivity index (χ0) is 16.4. The molecule has 0 radical (unpaired) electrons. The molecule has 1 rings (SSSR count). The molecule has 21 heavy (non-hydrogen) atoms. The molecule has 0 bridgehead atoms. The standard InChI is InChI=1S/C8H11NOS.C4H6O6/c1-9-5-4-7(10)8-3-2-6-11-8;5-1(3(7)8)2(6)4(9)10/h2-3,6,9H,4-5H2,1H3;1-2,5-6H,(H,7,8)(H,9,10)/t;1-,2-/m.0/s1. The Morgan fingerprint density at radius 3 is 2.05 bits per heavy atom. The molecule has 0 unspecified atom stereocenters. The molecule has 0 amide bonds. The van der Waals surface area contributed by atoms with Crippen molar-refractivity contribution in [2.24, 2.45) is 0 Å². The number of hydrogen-bond donors (Lipinski definition) is 5. The van der Waals surface area contributed by atoms with Gasteiger partial charge in [-0.2, -0.15) is 0 Å². The van der Waals surface area contributed by atoms with Gasteiger partial charge in [-0.15, -0.1) is 11.3 Å². The Morgan fingerprint density at radius 2 is 1.71 bits per heavy atom. The number of nitrogens with one attached hydrogen (secondary N) is 1. The van der Waals surface area contributed by atoms with Crippen LogP contribution in [0.2, 0.25) is 0 Å². The van der Waals surface area contributed by atoms with E-state index in [9.17, 15) is 14.4 Å². The number of hydrogen-bond acceptors (Lipinski definition) is 7. The van der Waals surface area contributed by atoms with E-state index < -0.39 is 24.1 Å². The number of ketones is 1. The van der Waals surface area contributed by atoms with Crippen LogP contribution in [0.15, 0.2) is 17.5 Å². The van der Waals surface area contributed by atoms with Gasteiger partial charge in [-0.1, -0.05) is 6.07 Å². The van der Waals surface area contributed by atoms with E-state index in [0.29, 0.717) is 6.42 Å². The van der Waals surface area contributed by atoms with Crippen LogP contribution in [0.5, 0.6) is 0 Å². The Balaban J connectivity index is 0.000000384. The number of Topliss-reactive ketones (excluding diaryl/α,β-unsaturated/α-hetero) is 1. The van der Waals surface area contributed by atoms with Crippen molar-refractivity contribution in [2.75, 3.05) is 13.6 Å². The van der Waals surface area contributed by atoms with Gasteiger partial charge in [0, 0.05) is 13.0 Å². The average molecular weight is 319 g/mol. The number of aliphatic hydroxyl groups is 2. The number of thiophene rings is 1. The Labute approximate surface area is 124 Å². The number of aliphatic carboxylic acids is 2. The maximum absolute atomic E-state index is 11.2. The van der Waals surface area contributed by atoms with Crippen molar-refractivity contribution in [1.82, 2.24) is 5.32 Å². The lowest BCUT2D eigenvalue weighted by molar-refractivity contribution is -0.165. The normalized spacial score (nSPS) is 12.7. The van der Waals surface area contributed by atoms with Gasteiger partial charge in [0.15, 0.2) is 18.0 Å². The monoisotopic (exact) mass is 319 g/mol. The molecule has 0 aliphatic heterocycles. The number of aliphatic hydroxyl groups excluding tert-OH is 2. The van der Waals surface area contributed by atoms with Crippen LogP contribution in [0.25, 0.3) is 0 Å². The number of rotatable bonds is 7. The quantitative estimate of drug-likeness (QED) is 0.420. The second kappa shape index (κ2) is 10.00. The summed E-state index contributed by atoms with van der Waals surface area (Å²) in [7, 11) is 1.85. The molecule has 0 saturated carbocycles. The van der Waals surface area contributed by atoms with Crippen LogP contribution >= 0.6 is 11.3 Å². The average Bonchev–Trinajstić information content (AvgIpc) is 2.97. The molecule has 0 aliphatic carbocycles.